The number of carbonyl (C=O) groups excluding carboxylic acids is 1. The number of ether oxygens (including phenoxy) is 1. The predicted molar refractivity (Wildman–Crippen MR) is 113 cm³/mol. The Morgan fingerprint density at radius 3 is 2.50 bits per heavy atom. The quantitative estimate of drug-likeness (QED) is 0.657. The van der Waals surface area contributed by atoms with Gasteiger partial charge >= 0.3 is 0 Å². The van der Waals surface area contributed by atoms with E-state index in [1.807, 2.05) is 11.8 Å². The van der Waals surface area contributed by atoms with Crippen LogP contribution in [0.1, 0.15) is 50.4 Å². The van der Waals surface area contributed by atoms with E-state index in [0.717, 1.165) is 32.4 Å². The fourth-order valence-corrected chi connectivity index (χ4v) is 4.81. The first kappa shape index (κ1) is 24.7. The van der Waals surface area contributed by atoms with Crippen molar-refractivity contribution in [3.05, 3.63) is 23.8 Å². The van der Waals surface area contributed by atoms with Crippen molar-refractivity contribution in [2.45, 2.75) is 57.0 Å². The summed E-state index contributed by atoms with van der Waals surface area (Å²) in [5, 5.41) is 3.31. The maximum Gasteiger partial charge on any atom is 0.254 e. The largest absolute Gasteiger partial charge is 0.495 e. The van der Waals surface area contributed by atoms with E-state index >= 15 is 0 Å². The third-order valence-corrected chi connectivity index (χ3v) is 6.25. The fourth-order valence-electron chi connectivity index (χ4n) is 3.37. The molecule has 1 aliphatic rings. The number of benzene rings is 1. The summed E-state index contributed by atoms with van der Waals surface area (Å²) < 4.78 is 33.1. The van der Waals surface area contributed by atoms with Crippen LogP contribution in [0, 0.1) is 0 Å². The average molecular weight is 434 g/mol. The lowest BCUT2D eigenvalue weighted by Gasteiger charge is -2.34. The molecule has 1 amide bonds. The number of piperidine rings is 1. The Bertz CT molecular complexity index is 750. The standard InChI is InChI=1S/C19H31N3O4S.ClH/c1-5-12-22(16-8-10-20-11-9-16)19(23)15-6-7-17(26-4)18(13-15)27(24,25)21-14(2)3;/h6-7,13-14,16,20-21H,5,8-12H2,1-4H3;1H. The third-order valence-electron chi connectivity index (χ3n) is 4.57. The molecule has 0 aliphatic carbocycles. The summed E-state index contributed by atoms with van der Waals surface area (Å²) in [7, 11) is -2.36. The van der Waals surface area contributed by atoms with Crippen LogP contribution >= 0.6 is 12.4 Å². The smallest absolute Gasteiger partial charge is 0.254 e. The molecule has 7 nitrogen and oxygen atoms in total. The second kappa shape index (κ2) is 11.0. The number of hydrogen-bond acceptors (Lipinski definition) is 5. The van der Waals surface area contributed by atoms with Crippen LogP contribution in [-0.4, -0.2) is 58.1 Å². The van der Waals surface area contributed by atoms with Crippen LogP contribution in [0.3, 0.4) is 0 Å². The van der Waals surface area contributed by atoms with E-state index in [0.29, 0.717) is 12.1 Å². The van der Waals surface area contributed by atoms with Gasteiger partial charge in [-0.05, 0) is 64.4 Å². The lowest BCUT2D eigenvalue weighted by Crippen LogP contribution is -2.46. The average Bonchev–Trinajstić information content (AvgIpc) is 2.64. The Morgan fingerprint density at radius 2 is 1.96 bits per heavy atom. The number of halogens is 1. The van der Waals surface area contributed by atoms with E-state index < -0.39 is 10.0 Å². The van der Waals surface area contributed by atoms with Crippen molar-refractivity contribution < 1.29 is 17.9 Å². The van der Waals surface area contributed by atoms with Crippen molar-refractivity contribution >= 4 is 28.3 Å². The molecule has 2 N–H and O–H groups in total. The van der Waals surface area contributed by atoms with Crippen molar-refractivity contribution in [3.63, 3.8) is 0 Å². The maximum absolute atomic E-state index is 13.2. The summed E-state index contributed by atoms with van der Waals surface area (Å²) in [5.41, 5.74) is 0.368. The number of rotatable bonds is 8. The summed E-state index contributed by atoms with van der Waals surface area (Å²) in [4.78, 5) is 15.1. The zero-order valence-electron chi connectivity index (χ0n) is 17.0. The second-order valence-electron chi connectivity index (χ2n) is 7.12. The van der Waals surface area contributed by atoms with Gasteiger partial charge in [-0.15, -0.1) is 12.4 Å². The van der Waals surface area contributed by atoms with Crippen LogP contribution < -0.4 is 14.8 Å². The second-order valence-corrected chi connectivity index (χ2v) is 8.80. The van der Waals surface area contributed by atoms with Gasteiger partial charge in [0.1, 0.15) is 10.6 Å². The summed E-state index contributed by atoms with van der Waals surface area (Å²) in [5.74, 6) is 0.0935. The molecular formula is C19H32ClN3O4S. The minimum atomic E-state index is -3.78. The molecule has 1 fully saturated rings. The first-order valence-corrected chi connectivity index (χ1v) is 11.0. The van der Waals surface area contributed by atoms with Crippen LogP contribution in [0.15, 0.2) is 23.1 Å². The van der Waals surface area contributed by atoms with Gasteiger partial charge in [0.05, 0.1) is 7.11 Å². The third kappa shape index (κ3) is 6.07. The van der Waals surface area contributed by atoms with Gasteiger partial charge < -0.3 is 15.0 Å². The summed E-state index contributed by atoms with van der Waals surface area (Å²) in [6.07, 6.45) is 2.66. The Balaban J connectivity index is 0.00000392. The highest BCUT2D eigenvalue weighted by atomic mass is 35.5. The van der Waals surface area contributed by atoms with Crippen molar-refractivity contribution in [2.75, 3.05) is 26.7 Å². The molecule has 0 atom stereocenters. The molecule has 1 saturated heterocycles. The number of nitrogens with zero attached hydrogens (tertiary/aromatic N) is 1. The zero-order chi connectivity index (χ0) is 20.0. The molecule has 1 aliphatic heterocycles. The summed E-state index contributed by atoms with van der Waals surface area (Å²) in [6, 6.07) is 4.53. The molecule has 0 bridgehead atoms. The SMILES string of the molecule is CCCN(C(=O)c1ccc(OC)c(S(=O)(=O)NC(C)C)c1)C1CCNCC1.Cl. The Kier molecular flexibility index (Phi) is 9.69. The van der Waals surface area contributed by atoms with E-state index in [4.69, 9.17) is 4.74 Å². The molecule has 2 rings (SSSR count). The molecule has 160 valence electrons. The number of carbonyl (C=O) groups is 1. The van der Waals surface area contributed by atoms with Crippen LogP contribution in [0.5, 0.6) is 5.75 Å². The van der Waals surface area contributed by atoms with E-state index in [2.05, 4.69) is 10.0 Å². The molecule has 0 saturated carbocycles. The highest BCUT2D eigenvalue weighted by Gasteiger charge is 2.28. The zero-order valence-corrected chi connectivity index (χ0v) is 18.7. The highest BCUT2D eigenvalue weighted by molar-refractivity contribution is 7.89. The Hall–Kier alpha value is -1.35. The molecule has 0 spiro atoms. The van der Waals surface area contributed by atoms with Crippen LogP contribution in [0.2, 0.25) is 0 Å². The highest BCUT2D eigenvalue weighted by Crippen LogP contribution is 2.26. The van der Waals surface area contributed by atoms with E-state index in [-0.39, 0.29) is 41.0 Å². The first-order chi connectivity index (χ1) is 12.8. The van der Waals surface area contributed by atoms with E-state index in [1.54, 1.807) is 26.0 Å². The van der Waals surface area contributed by atoms with Crippen LogP contribution in [0.25, 0.3) is 0 Å². The van der Waals surface area contributed by atoms with Gasteiger partial charge in [-0.1, -0.05) is 6.92 Å². The van der Waals surface area contributed by atoms with Gasteiger partial charge in [0, 0.05) is 24.2 Å². The number of sulfonamides is 1. The molecule has 0 aromatic heterocycles. The van der Waals surface area contributed by atoms with Crippen LogP contribution in [0.4, 0.5) is 0 Å². The molecule has 1 heterocycles. The normalized spacial score (nSPS) is 15.2. The lowest BCUT2D eigenvalue weighted by molar-refractivity contribution is 0.0642. The lowest BCUT2D eigenvalue weighted by atomic mass is 10.0. The van der Waals surface area contributed by atoms with Gasteiger partial charge in [-0.2, -0.15) is 0 Å². The minimum absolute atomic E-state index is 0. The van der Waals surface area contributed by atoms with Crippen molar-refractivity contribution in [1.29, 1.82) is 0 Å². The molecule has 28 heavy (non-hydrogen) atoms. The van der Waals surface area contributed by atoms with E-state index in [1.165, 1.54) is 13.2 Å². The van der Waals surface area contributed by atoms with Gasteiger partial charge in [-0.3, -0.25) is 4.79 Å². The molecular weight excluding hydrogens is 402 g/mol. The van der Waals surface area contributed by atoms with Crippen molar-refractivity contribution in [3.8, 4) is 5.75 Å². The number of methoxy groups -OCH3 is 1. The summed E-state index contributed by atoms with van der Waals surface area (Å²) >= 11 is 0. The van der Waals surface area contributed by atoms with Gasteiger partial charge in [0.25, 0.3) is 5.91 Å². The number of amides is 1. The molecule has 1 aromatic rings. The number of nitrogens with one attached hydrogen (secondary N) is 2. The Morgan fingerprint density at radius 1 is 1.32 bits per heavy atom. The number of hydrogen-bond donors (Lipinski definition) is 2. The predicted octanol–water partition coefficient (Wildman–Crippen LogP) is 2.41. The van der Waals surface area contributed by atoms with Crippen molar-refractivity contribution in [2.24, 2.45) is 0 Å². The first-order valence-electron chi connectivity index (χ1n) is 9.52. The minimum Gasteiger partial charge on any atom is -0.495 e. The monoisotopic (exact) mass is 433 g/mol. The molecule has 1 aromatic carbocycles. The van der Waals surface area contributed by atoms with Crippen molar-refractivity contribution in [1.82, 2.24) is 14.9 Å². The van der Waals surface area contributed by atoms with Gasteiger partial charge in [-0.25, -0.2) is 13.1 Å². The molecule has 0 radical (unpaired) electrons. The molecule has 9 heteroatoms. The van der Waals surface area contributed by atoms with Crippen LogP contribution in [-0.2, 0) is 10.0 Å². The van der Waals surface area contributed by atoms with Gasteiger partial charge in [0.15, 0.2) is 0 Å². The molecule has 0 unspecified atom stereocenters. The topological polar surface area (TPSA) is 87.7 Å². The Labute approximate surface area is 174 Å². The fraction of sp³-hybridized carbons (Fsp3) is 0.632. The van der Waals surface area contributed by atoms with Gasteiger partial charge in [0.2, 0.25) is 10.0 Å². The van der Waals surface area contributed by atoms with E-state index in [9.17, 15) is 13.2 Å². The summed E-state index contributed by atoms with van der Waals surface area (Å²) in [6.45, 7) is 7.97. The maximum atomic E-state index is 13.2.